The molecule has 5 heteroatoms. The van der Waals surface area contributed by atoms with Crippen LogP contribution in [-0.4, -0.2) is 11.7 Å². The molecule has 112 valence electrons. The fourth-order valence-corrected chi connectivity index (χ4v) is 2.98. The normalized spacial score (nSPS) is 10.7. The Morgan fingerprint density at radius 1 is 1.14 bits per heavy atom. The molecule has 0 aliphatic rings. The number of halogens is 1. The molecule has 3 aromatic rings. The maximum absolute atomic E-state index is 12.4. The number of benzene rings is 2. The highest BCUT2D eigenvalue weighted by molar-refractivity contribution is 9.10. The fraction of sp³-hybridized carbons (Fsp3) is 0.118. The van der Waals surface area contributed by atoms with Crippen molar-refractivity contribution in [1.29, 1.82) is 0 Å². The van der Waals surface area contributed by atoms with Gasteiger partial charge < -0.3 is 14.6 Å². The lowest BCUT2D eigenvalue weighted by molar-refractivity contribution is 0.415. The molecule has 3 rings (SSSR count). The molecule has 2 aromatic carbocycles. The maximum Gasteiger partial charge on any atom is 0.267 e. The van der Waals surface area contributed by atoms with Crippen LogP contribution < -0.4 is 15.6 Å². The van der Waals surface area contributed by atoms with E-state index in [1.807, 2.05) is 48.5 Å². The van der Waals surface area contributed by atoms with Gasteiger partial charge in [0, 0.05) is 24.2 Å². The van der Waals surface area contributed by atoms with Crippen molar-refractivity contribution in [3.8, 4) is 5.75 Å². The fourth-order valence-electron chi connectivity index (χ4n) is 2.40. The Balaban J connectivity index is 2.27. The van der Waals surface area contributed by atoms with E-state index < -0.39 is 0 Å². The highest BCUT2D eigenvalue weighted by Gasteiger charge is 2.14. The Kier molecular flexibility index (Phi) is 3.90. The van der Waals surface area contributed by atoms with Crippen LogP contribution in [0.5, 0.6) is 5.75 Å². The minimum Gasteiger partial charge on any atom is -0.497 e. The van der Waals surface area contributed by atoms with Crippen LogP contribution >= 0.6 is 15.9 Å². The summed E-state index contributed by atoms with van der Waals surface area (Å²) in [7, 11) is 3.36. The molecule has 22 heavy (non-hydrogen) atoms. The summed E-state index contributed by atoms with van der Waals surface area (Å²) >= 11 is 3.42. The number of para-hydroxylation sites is 1. The molecular formula is C17H15BrN2O2. The highest BCUT2D eigenvalue weighted by atomic mass is 79.9. The van der Waals surface area contributed by atoms with Gasteiger partial charge in [0.1, 0.15) is 10.2 Å². The number of nitrogens with zero attached hydrogens (tertiary/aromatic N) is 1. The Bertz CT molecular complexity index is 889. The molecule has 0 spiro atoms. The van der Waals surface area contributed by atoms with Gasteiger partial charge in [0.15, 0.2) is 0 Å². The van der Waals surface area contributed by atoms with Gasteiger partial charge in [0.05, 0.1) is 18.3 Å². The summed E-state index contributed by atoms with van der Waals surface area (Å²) < 4.78 is 7.38. The van der Waals surface area contributed by atoms with Crippen molar-refractivity contribution in [2.24, 2.45) is 7.05 Å². The number of hydrogen-bond acceptors (Lipinski definition) is 3. The lowest BCUT2D eigenvalue weighted by Crippen LogP contribution is -2.19. The van der Waals surface area contributed by atoms with E-state index in [1.165, 1.54) is 0 Å². The summed E-state index contributed by atoms with van der Waals surface area (Å²) in [6, 6.07) is 15.5. The quantitative estimate of drug-likeness (QED) is 0.767. The first kappa shape index (κ1) is 14.7. The summed E-state index contributed by atoms with van der Waals surface area (Å²) in [5.74, 6) is 0.718. The van der Waals surface area contributed by atoms with Gasteiger partial charge in [-0.3, -0.25) is 4.79 Å². The standard InChI is InChI=1S/C17H15BrN2O2/c1-20-14-10-12(22-2)8-9-13(14)16(15(18)17(20)21)19-11-6-4-3-5-7-11/h3-10,19H,1-2H3. The lowest BCUT2D eigenvalue weighted by atomic mass is 10.1. The number of aromatic nitrogens is 1. The molecule has 0 atom stereocenters. The summed E-state index contributed by atoms with van der Waals surface area (Å²) in [6.07, 6.45) is 0. The molecule has 4 nitrogen and oxygen atoms in total. The minimum atomic E-state index is -0.0980. The Hall–Kier alpha value is -2.27. The summed E-state index contributed by atoms with van der Waals surface area (Å²) in [6.45, 7) is 0. The van der Waals surface area contributed by atoms with Gasteiger partial charge >= 0.3 is 0 Å². The molecule has 1 N–H and O–H groups in total. The first-order valence-corrected chi connectivity index (χ1v) is 7.59. The number of nitrogens with one attached hydrogen (secondary N) is 1. The molecule has 0 aliphatic heterocycles. The average molecular weight is 359 g/mol. The topological polar surface area (TPSA) is 43.3 Å². The van der Waals surface area contributed by atoms with E-state index >= 15 is 0 Å². The van der Waals surface area contributed by atoms with E-state index in [9.17, 15) is 4.79 Å². The number of pyridine rings is 1. The number of hydrogen-bond donors (Lipinski definition) is 1. The first-order chi connectivity index (χ1) is 10.6. The van der Waals surface area contributed by atoms with Crippen LogP contribution in [-0.2, 0) is 7.05 Å². The number of aryl methyl sites for hydroxylation is 1. The summed E-state index contributed by atoms with van der Waals surface area (Å²) in [5, 5.41) is 4.26. The second-order valence-electron chi connectivity index (χ2n) is 4.93. The van der Waals surface area contributed by atoms with Gasteiger partial charge in [-0.05, 0) is 40.2 Å². The molecule has 0 saturated carbocycles. The Morgan fingerprint density at radius 2 is 1.86 bits per heavy atom. The van der Waals surface area contributed by atoms with Crippen molar-refractivity contribution in [3.05, 3.63) is 63.4 Å². The van der Waals surface area contributed by atoms with Crippen LogP contribution in [0.15, 0.2) is 57.8 Å². The van der Waals surface area contributed by atoms with Gasteiger partial charge in [0.25, 0.3) is 5.56 Å². The molecule has 1 heterocycles. The number of ether oxygens (including phenoxy) is 1. The van der Waals surface area contributed by atoms with Crippen molar-refractivity contribution in [1.82, 2.24) is 4.57 Å². The predicted octanol–water partition coefficient (Wildman–Crippen LogP) is 4.05. The van der Waals surface area contributed by atoms with Gasteiger partial charge in [-0.2, -0.15) is 0 Å². The van der Waals surface area contributed by atoms with Gasteiger partial charge in [-0.25, -0.2) is 0 Å². The summed E-state index contributed by atoms with van der Waals surface area (Å²) in [5.41, 5.74) is 2.39. The van der Waals surface area contributed by atoms with Crippen molar-refractivity contribution >= 4 is 38.2 Å². The molecule has 0 unspecified atom stereocenters. The largest absolute Gasteiger partial charge is 0.497 e. The SMILES string of the molecule is COc1ccc2c(Nc3ccccc3)c(Br)c(=O)n(C)c2c1. The Morgan fingerprint density at radius 3 is 2.55 bits per heavy atom. The van der Waals surface area contributed by atoms with Gasteiger partial charge in [0.2, 0.25) is 0 Å². The van der Waals surface area contributed by atoms with Crippen molar-refractivity contribution in [2.45, 2.75) is 0 Å². The van der Waals surface area contributed by atoms with Crippen molar-refractivity contribution in [3.63, 3.8) is 0 Å². The van der Waals surface area contributed by atoms with Crippen LogP contribution in [0.4, 0.5) is 11.4 Å². The molecule has 0 aliphatic carbocycles. The molecule has 0 fully saturated rings. The molecule has 0 saturated heterocycles. The number of fused-ring (bicyclic) bond motifs is 1. The summed E-state index contributed by atoms with van der Waals surface area (Å²) in [4.78, 5) is 12.4. The van der Waals surface area contributed by atoms with Crippen LogP contribution in [0.2, 0.25) is 0 Å². The third-order valence-corrected chi connectivity index (χ3v) is 4.33. The Labute approximate surface area is 136 Å². The van der Waals surface area contributed by atoms with Gasteiger partial charge in [-0.15, -0.1) is 0 Å². The smallest absolute Gasteiger partial charge is 0.267 e. The number of rotatable bonds is 3. The minimum absolute atomic E-state index is 0.0980. The van der Waals surface area contributed by atoms with E-state index in [1.54, 1.807) is 18.7 Å². The second kappa shape index (κ2) is 5.85. The van der Waals surface area contributed by atoms with E-state index in [4.69, 9.17) is 4.74 Å². The van der Waals surface area contributed by atoms with Crippen LogP contribution in [0.3, 0.4) is 0 Å². The molecule has 0 amide bonds. The zero-order valence-corrected chi connectivity index (χ0v) is 13.8. The molecular weight excluding hydrogens is 344 g/mol. The maximum atomic E-state index is 12.4. The molecule has 0 radical (unpaired) electrons. The highest BCUT2D eigenvalue weighted by Crippen LogP contribution is 2.32. The zero-order valence-electron chi connectivity index (χ0n) is 12.3. The van der Waals surface area contributed by atoms with E-state index in [0.29, 0.717) is 4.47 Å². The second-order valence-corrected chi connectivity index (χ2v) is 5.72. The third kappa shape index (κ3) is 2.48. The van der Waals surface area contributed by atoms with Crippen molar-refractivity contribution in [2.75, 3.05) is 12.4 Å². The van der Waals surface area contributed by atoms with Crippen LogP contribution in [0.25, 0.3) is 10.9 Å². The number of anilines is 2. The van der Waals surface area contributed by atoms with E-state index in [0.717, 1.165) is 28.0 Å². The van der Waals surface area contributed by atoms with Gasteiger partial charge in [-0.1, -0.05) is 18.2 Å². The lowest BCUT2D eigenvalue weighted by Gasteiger charge is -2.15. The van der Waals surface area contributed by atoms with Crippen LogP contribution in [0.1, 0.15) is 0 Å². The zero-order chi connectivity index (χ0) is 15.7. The van der Waals surface area contributed by atoms with E-state index in [-0.39, 0.29) is 5.56 Å². The predicted molar refractivity (Wildman–Crippen MR) is 93.2 cm³/mol. The molecule has 0 bridgehead atoms. The van der Waals surface area contributed by atoms with Crippen LogP contribution in [0, 0.1) is 0 Å². The number of methoxy groups -OCH3 is 1. The van der Waals surface area contributed by atoms with Crippen molar-refractivity contribution < 1.29 is 4.74 Å². The van der Waals surface area contributed by atoms with E-state index in [2.05, 4.69) is 21.2 Å². The first-order valence-electron chi connectivity index (χ1n) is 6.80. The average Bonchev–Trinajstić information content (AvgIpc) is 2.57. The monoisotopic (exact) mass is 358 g/mol. The molecule has 1 aromatic heterocycles. The third-order valence-electron chi connectivity index (χ3n) is 3.59.